The molecule has 0 aliphatic heterocycles. The van der Waals surface area contributed by atoms with E-state index in [4.69, 9.17) is 0 Å². The van der Waals surface area contributed by atoms with Crippen molar-refractivity contribution in [1.82, 2.24) is 19.8 Å². The van der Waals surface area contributed by atoms with Gasteiger partial charge < -0.3 is 19.8 Å². The summed E-state index contributed by atoms with van der Waals surface area (Å²) in [4.78, 5) is 54.9. The van der Waals surface area contributed by atoms with E-state index >= 15 is 0 Å². The Labute approximate surface area is 413 Å². The van der Waals surface area contributed by atoms with Crippen LogP contribution in [0.4, 0.5) is 0 Å². The molecule has 364 valence electrons. The molecule has 2 heterocycles. The Hall–Kier alpha value is -5.76. The van der Waals surface area contributed by atoms with Crippen molar-refractivity contribution in [3.8, 4) is 22.3 Å². The summed E-state index contributed by atoms with van der Waals surface area (Å²) in [6.07, 6.45) is 24.7. The van der Waals surface area contributed by atoms with E-state index in [0.717, 1.165) is 159 Å². The highest BCUT2D eigenvalue weighted by molar-refractivity contribution is 5.99. The highest BCUT2D eigenvalue weighted by atomic mass is 16.2. The van der Waals surface area contributed by atoms with Crippen molar-refractivity contribution in [2.24, 2.45) is 35.5 Å². The van der Waals surface area contributed by atoms with Crippen LogP contribution in [0.25, 0.3) is 44.1 Å². The molecule has 8 aliphatic rings. The van der Waals surface area contributed by atoms with Crippen LogP contribution in [0.3, 0.4) is 0 Å². The third-order valence-corrected chi connectivity index (χ3v) is 17.7. The lowest BCUT2D eigenvalue weighted by Gasteiger charge is -2.56. The Morgan fingerprint density at radius 3 is 1.14 bits per heavy atom. The van der Waals surface area contributed by atoms with Crippen LogP contribution in [0.15, 0.2) is 119 Å². The Morgan fingerprint density at radius 2 is 0.814 bits per heavy atom. The number of aryl methyl sites for hydroxylation is 2. The van der Waals surface area contributed by atoms with Crippen LogP contribution in [-0.4, -0.2) is 32.0 Å². The lowest BCUT2D eigenvalue weighted by atomic mass is 9.53. The van der Waals surface area contributed by atoms with Gasteiger partial charge in [0, 0.05) is 47.3 Å². The Balaban J connectivity index is 0.000000152. The number of hydrogen-bond acceptors (Lipinski definition) is 4. The van der Waals surface area contributed by atoms with Crippen molar-refractivity contribution in [3.05, 3.63) is 141 Å². The quantitative estimate of drug-likeness (QED) is 0.106. The number of fused-ring (bicyclic) bond motifs is 2. The molecular formula is C62H72N4O4. The van der Waals surface area contributed by atoms with Crippen molar-refractivity contribution in [2.45, 2.75) is 154 Å². The molecule has 4 aromatic carbocycles. The fourth-order valence-corrected chi connectivity index (χ4v) is 15.3. The van der Waals surface area contributed by atoms with Crippen LogP contribution in [0, 0.1) is 35.5 Å². The summed E-state index contributed by atoms with van der Waals surface area (Å²) in [7, 11) is 0. The molecule has 2 amide bonds. The molecule has 6 aromatic rings. The SMILES string of the molecule is CCCCCn1cc(C(=O)NC23CC4CC(CC(C4)C2)C3)c(=O)c2cc(-c3ccccc3)ccc21.CCCCCn1cc(C(=O)NC23CC4CC(CC(C4)C2)C3)c(=O)c2cc(-c3ccccc3)ccc21. The molecule has 0 spiro atoms. The van der Waals surface area contributed by atoms with Gasteiger partial charge in [0.2, 0.25) is 10.9 Å². The number of hydrogen-bond donors (Lipinski definition) is 2. The lowest BCUT2D eigenvalue weighted by Crippen LogP contribution is -2.60. The smallest absolute Gasteiger partial charge is 0.257 e. The standard InChI is InChI=1S/2C31H36N2O2/c2*1-2-3-7-12-33-20-27(30(35)32-31-17-21-13-22(18-31)15-23(14-21)19-31)29(34)26-16-25(10-11-28(26)33)24-8-5-4-6-9-24/h2*4-6,8-11,16,20-23H,2-3,7,12-15,17-19H2,1H3,(H,32,35). The topological polar surface area (TPSA) is 102 Å². The third kappa shape index (κ3) is 9.32. The van der Waals surface area contributed by atoms with E-state index in [1.54, 1.807) is 0 Å². The Kier molecular flexibility index (Phi) is 12.9. The molecule has 8 saturated carbocycles. The van der Waals surface area contributed by atoms with Crippen molar-refractivity contribution >= 4 is 33.6 Å². The summed E-state index contributed by atoms with van der Waals surface area (Å²) >= 11 is 0. The average molecular weight is 937 g/mol. The maximum absolute atomic E-state index is 13.7. The van der Waals surface area contributed by atoms with Gasteiger partial charge in [-0.1, -0.05) is 112 Å². The molecule has 0 atom stereocenters. The normalized spacial score (nSPS) is 26.8. The van der Waals surface area contributed by atoms with E-state index in [2.05, 4.69) is 70.0 Å². The minimum absolute atomic E-state index is 0.105. The molecule has 70 heavy (non-hydrogen) atoms. The molecule has 8 nitrogen and oxygen atoms in total. The molecule has 8 heteroatoms. The van der Waals surface area contributed by atoms with E-state index in [1.807, 2.05) is 73.1 Å². The second-order valence-electron chi connectivity index (χ2n) is 23.0. The number of nitrogens with zero attached hydrogens (tertiary/aromatic N) is 2. The van der Waals surface area contributed by atoms with Gasteiger partial charge in [0.1, 0.15) is 11.1 Å². The summed E-state index contributed by atoms with van der Waals surface area (Å²) in [5, 5.41) is 8.15. The zero-order valence-electron chi connectivity index (χ0n) is 41.5. The number of nitrogens with one attached hydrogen (secondary N) is 2. The van der Waals surface area contributed by atoms with Gasteiger partial charge in [-0.2, -0.15) is 0 Å². The highest BCUT2D eigenvalue weighted by Gasteiger charge is 2.53. The van der Waals surface area contributed by atoms with E-state index in [9.17, 15) is 19.2 Å². The number of carbonyl (C=O) groups excluding carboxylic acids is 2. The number of carbonyl (C=O) groups is 2. The van der Waals surface area contributed by atoms with Gasteiger partial charge in [-0.3, -0.25) is 19.2 Å². The zero-order valence-corrected chi connectivity index (χ0v) is 41.5. The highest BCUT2D eigenvalue weighted by Crippen LogP contribution is 2.57. The van der Waals surface area contributed by atoms with Crippen LogP contribution < -0.4 is 21.5 Å². The van der Waals surface area contributed by atoms with Crippen molar-refractivity contribution in [2.75, 3.05) is 0 Å². The summed E-state index contributed by atoms with van der Waals surface area (Å²) < 4.78 is 4.27. The number of pyridine rings is 2. The third-order valence-electron chi connectivity index (χ3n) is 17.7. The second kappa shape index (κ2) is 19.4. The molecule has 2 aromatic heterocycles. The fraction of sp³-hybridized carbons (Fsp3) is 0.484. The van der Waals surface area contributed by atoms with Crippen molar-refractivity contribution in [1.29, 1.82) is 0 Å². The lowest BCUT2D eigenvalue weighted by molar-refractivity contribution is -0.0171. The van der Waals surface area contributed by atoms with Gasteiger partial charge >= 0.3 is 0 Å². The number of benzene rings is 4. The zero-order chi connectivity index (χ0) is 48.0. The van der Waals surface area contributed by atoms with Crippen molar-refractivity contribution < 1.29 is 9.59 Å². The summed E-state index contributed by atoms with van der Waals surface area (Å²) in [5.41, 5.74) is 6.10. The van der Waals surface area contributed by atoms with E-state index in [0.29, 0.717) is 21.9 Å². The molecule has 14 rings (SSSR count). The largest absolute Gasteiger partial charge is 0.346 e. The first-order valence-electron chi connectivity index (χ1n) is 27.2. The molecule has 8 fully saturated rings. The second-order valence-corrected chi connectivity index (χ2v) is 23.0. The molecule has 0 unspecified atom stereocenters. The van der Waals surface area contributed by atoms with E-state index in [-0.39, 0.29) is 33.7 Å². The molecule has 0 saturated heterocycles. The minimum Gasteiger partial charge on any atom is -0.346 e. The first kappa shape index (κ1) is 46.6. The average Bonchev–Trinajstić information content (AvgIpc) is 3.35. The van der Waals surface area contributed by atoms with E-state index < -0.39 is 0 Å². The summed E-state index contributed by atoms with van der Waals surface area (Å²) in [6.45, 7) is 6.01. The Bertz CT molecular complexity index is 2750. The van der Waals surface area contributed by atoms with Gasteiger partial charge in [0.15, 0.2) is 0 Å². The van der Waals surface area contributed by atoms with Gasteiger partial charge in [-0.05, 0) is 172 Å². The molecule has 0 radical (unpaired) electrons. The monoisotopic (exact) mass is 937 g/mol. The number of rotatable bonds is 14. The first-order valence-corrected chi connectivity index (χ1v) is 27.2. The first-order chi connectivity index (χ1) is 34.1. The van der Waals surface area contributed by atoms with Crippen LogP contribution in [0.5, 0.6) is 0 Å². The van der Waals surface area contributed by atoms with E-state index in [1.165, 1.54) is 38.5 Å². The number of unbranched alkanes of at least 4 members (excludes halogenated alkanes) is 4. The minimum atomic E-state index is -0.173. The molecular weight excluding hydrogens is 865 g/mol. The predicted octanol–water partition coefficient (Wildman–Crippen LogP) is 13.1. The number of aromatic nitrogens is 2. The van der Waals surface area contributed by atoms with Gasteiger partial charge in [0.05, 0.1) is 11.0 Å². The fourth-order valence-electron chi connectivity index (χ4n) is 15.3. The van der Waals surface area contributed by atoms with Crippen LogP contribution in [0.2, 0.25) is 0 Å². The van der Waals surface area contributed by atoms with Crippen LogP contribution in [-0.2, 0) is 13.1 Å². The summed E-state index contributed by atoms with van der Waals surface area (Å²) in [5.74, 6) is 4.14. The van der Waals surface area contributed by atoms with Gasteiger partial charge in [-0.25, -0.2) is 0 Å². The summed E-state index contributed by atoms with van der Waals surface area (Å²) in [6, 6.07) is 32.5. The molecule has 8 aliphatic carbocycles. The molecule has 2 N–H and O–H groups in total. The van der Waals surface area contributed by atoms with Crippen LogP contribution >= 0.6 is 0 Å². The van der Waals surface area contributed by atoms with Crippen LogP contribution in [0.1, 0.15) is 150 Å². The van der Waals surface area contributed by atoms with Crippen molar-refractivity contribution in [3.63, 3.8) is 0 Å². The predicted molar refractivity (Wildman–Crippen MR) is 283 cm³/mol. The number of amides is 2. The maximum atomic E-state index is 13.7. The van der Waals surface area contributed by atoms with Gasteiger partial charge in [0.25, 0.3) is 11.8 Å². The maximum Gasteiger partial charge on any atom is 0.257 e. The molecule has 8 bridgehead atoms. The Morgan fingerprint density at radius 1 is 0.471 bits per heavy atom. The van der Waals surface area contributed by atoms with Gasteiger partial charge in [-0.15, -0.1) is 0 Å².